The van der Waals surface area contributed by atoms with E-state index in [0.717, 1.165) is 5.56 Å². The third kappa shape index (κ3) is 3.68. The normalized spacial score (nSPS) is 12.8. The average molecular weight is 298 g/mol. The lowest BCUT2D eigenvalue weighted by molar-refractivity contribution is -0.264. The zero-order valence-electron chi connectivity index (χ0n) is 10.1. The summed E-state index contributed by atoms with van der Waals surface area (Å²) in [5.74, 6) is -5.14. The van der Waals surface area contributed by atoms with Crippen molar-refractivity contribution in [2.75, 3.05) is 0 Å². The molecule has 0 spiro atoms. The van der Waals surface area contributed by atoms with Crippen LogP contribution in [0.3, 0.4) is 0 Å². The largest absolute Gasteiger partial charge is 0.462 e. The Labute approximate surface area is 111 Å². The molecule has 0 unspecified atom stereocenters. The topological polar surface area (TPSA) is 17.1 Å². The molecular weight excluding hydrogens is 287 g/mol. The van der Waals surface area contributed by atoms with Crippen molar-refractivity contribution in [1.82, 2.24) is 0 Å². The van der Waals surface area contributed by atoms with Crippen molar-refractivity contribution in [2.45, 2.75) is 36.8 Å². The number of hydrogen-bond acceptors (Lipinski definition) is 2. The van der Waals surface area contributed by atoms with Gasteiger partial charge < -0.3 is 0 Å². The number of halogens is 5. The van der Waals surface area contributed by atoms with E-state index >= 15 is 0 Å². The lowest BCUT2D eigenvalue weighted by atomic mass is 10.0. The number of alkyl halides is 5. The Bertz CT molecular complexity index is 450. The summed E-state index contributed by atoms with van der Waals surface area (Å²) in [4.78, 5) is 11.0. The van der Waals surface area contributed by atoms with Gasteiger partial charge in [0, 0.05) is 4.90 Å². The summed E-state index contributed by atoms with van der Waals surface area (Å²) in [5, 5.41) is -2.22. The zero-order valence-corrected chi connectivity index (χ0v) is 10.9. The summed E-state index contributed by atoms with van der Waals surface area (Å²) in [5.41, 5.74) is 0.902. The molecule has 0 aromatic heterocycles. The van der Waals surface area contributed by atoms with E-state index in [1.54, 1.807) is 12.1 Å². The highest BCUT2D eigenvalue weighted by Gasteiger charge is 2.63. The van der Waals surface area contributed by atoms with E-state index in [0.29, 0.717) is 0 Å². The van der Waals surface area contributed by atoms with E-state index in [-0.39, 0.29) is 22.6 Å². The number of rotatable bonds is 3. The maximum absolute atomic E-state index is 12.7. The molecule has 19 heavy (non-hydrogen) atoms. The van der Waals surface area contributed by atoms with Crippen LogP contribution in [0.4, 0.5) is 22.0 Å². The molecule has 0 amide bonds. The van der Waals surface area contributed by atoms with Crippen molar-refractivity contribution >= 4 is 16.9 Å². The molecule has 0 bridgehead atoms. The maximum atomic E-state index is 12.7. The summed E-state index contributed by atoms with van der Waals surface area (Å²) in [6.45, 7) is 3.82. The third-order valence-corrected chi connectivity index (χ3v) is 3.32. The fraction of sp³-hybridized carbons (Fsp3) is 0.417. The maximum Gasteiger partial charge on any atom is 0.462 e. The van der Waals surface area contributed by atoms with Crippen molar-refractivity contribution in [3.8, 4) is 0 Å². The van der Waals surface area contributed by atoms with Gasteiger partial charge in [-0.05, 0) is 35.4 Å². The van der Waals surface area contributed by atoms with E-state index in [1.165, 1.54) is 12.1 Å². The number of hydrogen-bond donors (Lipinski definition) is 0. The van der Waals surface area contributed by atoms with Crippen LogP contribution in [0.25, 0.3) is 0 Å². The highest BCUT2D eigenvalue weighted by Crippen LogP contribution is 2.40. The number of benzene rings is 1. The standard InChI is InChI=1S/C12H11F5OS/c1-7(2)8-3-5-9(6-4-8)19-10(18)11(13,14)12(15,16)17/h3-7H,1-2H3. The smallest absolute Gasteiger partial charge is 0.280 e. The van der Waals surface area contributed by atoms with Gasteiger partial charge >= 0.3 is 12.1 Å². The predicted octanol–water partition coefficient (Wildman–Crippen LogP) is 4.63. The summed E-state index contributed by atoms with van der Waals surface area (Å²) < 4.78 is 61.4. The van der Waals surface area contributed by atoms with E-state index in [2.05, 4.69) is 0 Å². The highest BCUT2D eigenvalue weighted by molar-refractivity contribution is 8.13. The van der Waals surface area contributed by atoms with Crippen LogP contribution in [-0.2, 0) is 4.79 Å². The van der Waals surface area contributed by atoms with Gasteiger partial charge in [-0.2, -0.15) is 22.0 Å². The van der Waals surface area contributed by atoms with E-state index in [9.17, 15) is 26.7 Å². The first-order chi connectivity index (χ1) is 8.55. The van der Waals surface area contributed by atoms with Gasteiger partial charge in [0.25, 0.3) is 5.12 Å². The van der Waals surface area contributed by atoms with E-state index in [1.807, 2.05) is 13.8 Å². The summed E-state index contributed by atoms with van der Waals surface area (Å²) in [6.07, 6.45) is -5.87. The SMILES string of the molecule is CC(C)c1ccc(SC(=O)C(F)(F)C(F)(F)F)cc1. The molecule has 0 saturated heterocycles. The first-order valence-corrected chi connectivity index (χ1v) is 6.14. The molecule has 0 N–H and O–H groups in total. The average Bonchev–Trinajstić information content (AvgIpc) is 2.28. The van der Waals surface area contributed by atoms with Gasteiger partial charge in [0.05, 0.1) is 0 Å². The van der Waals surface area contributed by atoms with Crippen LogP contribution in [0.5, 0.6) is 0 Å². The molecule has 0 atom stereocenters. The van der Waals surface area contributed by atoms with Crippen LogP contribution in [-0.4, -0.2) is 17.2 Å². The Morgan fingerprint density at radius 1 is 1.05 bits per heavy atom. The fourth-order valence-corrected chi connectivity index (χ4v) is 1.94. The first kappa shape index (κ1) is 15.9. The van der Waals surface area contributed by atoms with Crippen molar-refractivity contribution in [2.24, 2.45) is 0 Å². The van der Waals surface area contributed by atoms with Gasteiger partial charge in [-0.3, -0.25) is 4.79 Å². The minimum atomic E-state index is -5.87. The van der Waals surface area contributed by atoms with Gasteiger partial charge in [-0.1, -0.05) is 26.0 Å². The second kappa shape index (κ2) is 5.48. The zero-order chi connectivity index (χ0) is 14.8. The van der Waals surface area contributed by atoms with Crippen LogP contribution >= 0.6 is 11.8 Å². The minimum Gasteiger partial charge on any atom is -0.280 e. The van der Waals surface area contributed by atoms with Crippen LogP contribution in [0.2, 0.25) is 0 Å². The Hall–Kier alpha value is -1.11. The Morgan fingerprint density at radius 3 is 1.89 bits per heavy atom. The van der Waals surface area contributed by atoms with E-state index < -0.39 is 17.2 Å². The van der Waals surface area contributed by atoms with Gasteiger partial charge in [0.2, 0.25) is 0 Å². The molecule has 0 radical (unpaired) electrons. The van der Waals surface area contributed by atoms with Crippen molar-refractivity contribution < 1.29 is 26.7 Å². The molecule has 7 heteroatoms. The molecular formula is C12H11F5OS. The Balaban J connectivity index is 2.83. The highest BCUT2D eigenvalue weighted by atomic mass is 32.2. The number of carbonyl (C=O) groups is 1. The molecule has 0 aliphatic heterocycles. The van der Waals surface area contributed by atoms with Gasteiger partial charge in [0.15, 0.2) is 0 Å². The van der Waals surface area contributed by atoms with Gasteiger partial charge in [-0.15, -0.1) is 0 Å². The molecule has 0 saturated carbocycles. The molecule has 0 fully saturated rings. The number of carbonyl (C=O) groups excluding carboxylic acids is 1. The van der Waals surface area contributed by atoms with Crippen molar-refractivity contribution in [1.29, 1.82) is 0 Å². The van der Waals surface area contributed by atoms with Crippen molar-refractivity contribution in [3.63, 3.8) is 0 Å². The second-order valence-corrected chi connectivity index (χ2v) is 5.23. The molecule has 1 aromatic rings. The predicted molar refractivity (Wildman–Crippen MR) is 62.4 cm³/mol. The molecule has 1 nitrogen and oxygen atoms in total. The summed E-state index contributed by atoms with van der Waals surface area (Å²) >= 11 is -0.111. The van der Waals surface area contributed by atoms with E-state index in [4.69, 9.17) is 0 Å². The molecule has 0 aliphatic carbocycles. The quantitative estimate of drug-likeness (QED) is 0.598. The monoisotopic (exact) mass is 298 g/mol. The molecule has 0 heterocycles. The lowest BCUT2D eigenvalue weighted by Crippen LogP contribution is -2.42. The number of thioether (sulfide) groups is 1. The molecule has 1 aromatic carbocycles. The summed E-state index contributed by atoms with van der Waals surface area (Å²) in [7, 11) is 0. The summed E-state index contributed by atoms with van der Waals surface area (Å²) in [6, 6.07) is 5.88. The second-order valence-electron chi connectivity index (χ2n) is 4.19. The minimum absolute atomic E-state index is 0.0540. The first-order valence-electron chi connectivity index (χ1n) is 5.32. The van der Waals surface area contributed by atoms with Crippen molar-refractivity contribution in [3.05, 3.63) is 29.8 Å². The molecule has 0 aliphatic rings. The Morgan fingerprint density at radius 2 is 1.53 bits per heavy atom. The van der Waals surface area contributed by atoms with Crippen LogP contribution in [0, 0.1) is 0 Å². The lowest BCUT2D eigenvalue weighted by Gasteiger charge is -2.17. The van der Waals surface area contributed by atoms with Crippen LogP contribution < -0.4 is 0 Å². The molecule has 106 valence electrons. The van der Waals surface area contributed by atoms with Gasteiger partial charge in [0.1, 0.15) is 0 Å². The molecule has 1 rings (SSSR count). The van der Waals surface area contributed by atoms with Gasteiger partial charge in [-0.25, -0.2) is 0 Å². The van der Waals surface area contributed by atoms with Crippen LogP contribution in [0.1, 0.15) is 25.3 Å². The fourth-order valence-electron chi connectivity index (χ4n) is 1.21. The van der Waals surface area contributed by atoms with Crippen LogP contribution in [0.15, 0.2) is 29.2 Å². The third-order valence-electron chi connectivity index (χ3n) is 2.37. The Kier molecular flexibility index (Phi) is 4.60.